The normalized spacial score (nSPS) is 24.5. The van der Waals surface area contributed by atoms with Gasteiger partial charge in [-0.05, 0) is 49.8 Å². The Bertz CT molecular complexity index is 547. The van der Waals surface area contributed by atoms with Gasteiger partial charge in [0.25, 0.3) is 5.91 Å². The van der Waals surface area contributed by atoms with Gasteiger partial charge in [0.1, 0.15) is 11.3 Å². The van der Waals surface area contributed by atoms with Crippen LogP contribution in [-0.4, -0.2) is 29.6 Å². The zero-order valence-corrected chi connectivity index (χ0v) is 13.1. The van der Waals surface area contributed by atoms with Gasteiger partial charge < -0.3 is 15.2 Å². The summed E-state index contributed by atoms with van der Waals surface area (Å²) in [6.07, 6.45) is 3.69. The van der Waals surface area contributed by atoms with Crippen molar-refractivity contribution in [1.29, 1.82) is 0 Å². The minimum atomic E-state index is -1.15. The molecule has 1 aromatic carbocycles. The van der Waals surface area contributed by atoms with Crippen LogP contribution in [0.4, 0.5) is 0 Å². The number of carbonyl (C=O) groups is 2. The average molecular weight is 305 g/mol. The van der Waals surface area contributed by atoms with Gasteiger partial charge in [-0.3, -0.25) is 4.79 Å². The number of carboxylic acid groups (broad SMARTS) is 1. The minimum absolute atomic E-state index is 0.365. The van der Waals surface area contributed by atoms with Crippen LogP contribution >= 0.6 is 0 Å². The fourth-order valence-corrected chi connectivity index (χ4v) is 3.02. The third kappa shape index (κ3) is 3.40. The second-order valence-corrected chi connectivity index (χ2v) is 5.92. The summed E-state index contributed by atoms with van der Waals surface area (Å²) < 4.78 is 5.10. The predicted octanol–water partition coefficient (Wildman–Crippen LogP) is 2.85. The Labute approximate surface area is 130 Å². The molecular weight excluding hydrogens is 282 g/mol. The maximum Gasteiger partial charge on any atom is 0.329 e. The van der Waals surface area contributed by atoms with Gasteiger partial charge in [-0.2, -0.15) is 0 Å². The minimum Gasteiger partial charge on any atom is -0.497 e. The third-order valence-corrected chi connectivity index (χ3v) is 4.63. The summed E-state index contributed by atoms with van der Waals surface area (Å²) in [6, 6.07) is 6.74. The number of rotatable bonds is 5. The Kier molecular flexibility index (Phi) is 5.06. The molecule has 5 heteroatoms. The summed E-state index contributed by atoms with van der Waals surface area (Å²) in [5.41, 5.74) is -0.733. The molecule has 1 saturated carbocycles. The number of hydrogen-bond donors (Lipinski definition) is 2. The molecule has 1 fully saturated rings. The molecular formula is C17H23NO4. The van der Waals surface area contributed by atoms with E-state index >= 15 is 0 Å². The average Bonchev–Trinajstić information content (AvgIpc) is 2.55. The van der Waals surface area contributed by atoms with E-state index in [-0.39, 0.29) is 5.91 Å². The Morgan fingerprint density at radius 3 is 2.59 bits per heavy atom. The van der Waals surface area contributed by atoms with Crippen LogP contribution in [0, 0.1) is 5.92 Å². The molecule has 120 valence electrons. The van der Waals surface area contributed by atoms with Crippen LogP contribution < -0.4 is 10.1 Å². The number of ether oxygens (including phenoxy) is 1. The lowest BCUT2D eigenvalue weighted by Gasteiger charge is -2.37. The summed E-state index contributed by atoms with van der Waals surface area (Å²) in [5.74, 6) is -0.178. The molecule has 0 aliphatic heterocycles. The predicted molar refractivity (Wildman–Crippen MR) is 83.1 cm³/mol. The molecule has 0 saturated heterocycles. The van der Waals surface area contributed by atoms with Crippen molar-refractivity contribution in [2.45, 2.75) is 44.6 Å². The van der Waals surface area contributed by atoms with Crippen molar-refractivity contribution in [1.82, 2.24) is 5.32 Å². The molecule has 0 atom stereocenters. The first-order chi connectivity index (χ1) is 10.5. The molecule has 5 nitrogen and oxygen atoms in total. The highest BCUT2D eigenvalue weighted by atomic mass is 16.5. The molecule has 2 rings (SSSR count). The van der Waals surface area contributed by atoms with Gasteiger partial charge in [-0.25, -0.2) is 4.79 Å². The van der Waals surface area contributed by atoms with E-state index in [4.69, 9.17) is 4.74 Å². The van der Waals surface area contributed by atoms with E-state index < -0.39 is 11.5 Å². The van der Waals surface area contributed by atoms with Crippen molar-refractivity contribution in [3.8, 4) is 5.75 Å². The number of hydrogen-bond acceptors (Lipinski definition) is 3. The molecule has 1 aliphatic rings. The van der Waals surface area contributed by atoms with Crippen LogP contribution in [0.5, 0.6) is 5.75 Å². The zero-order valence-electron chi connectivity index (χ0n) is 13.1. The van der Waals surface area contributed by atoms with Gasteiger partial charge in [0.2, 0.25) is 0 Å². The molecule has 22 heavy (non-hydrogen) atoms. The van der Waals surface area contributed by atoms with E-state index in [1.807, 2.05) is 0 Å². The number of nitrogens with one attached hydrogen (secondary N) is 1. The van der Waals surface area contributed by atoms with Crippen LogP contribution in [0.3, 0.4) is 0 Å². The number of carboxylic acids is 1. The highest BCUT2D eigenvalue weighted by molar-refractivity contribution is 5.98. The van der Waals surface area contributed by atoms with Gasteiger partial charge in [0.15, 0.2) is 0 Å². The maximum absolute atomic E-state index is 12.4. The first-order valence-electron chi connectivity index (χ1n) is 7.70. The monoisotopic (exact) mass is 305 g/mol. The summed E-state index contributed by atoms with van der Waals surface area (Å²) in [6.45, 7) is 2.12. The van der Waals surface area contributed by atoms with Gasteiger partial charge in [0.05, 0.1) is 7.11 Å². The molecule has 2 N–H and O–H groups in total. The first-order valence-corrected chi connectivity index (χ1v) is 7.70. The fraction of sp³-hybridized carbons (Fsp3) is 0.529. The van der Waals surface area contributed by atoms with Gasteiger partial charge in [-0.1, -0.05) is 19.4 Å². The van der Waals surface area contributed by atoms with Crippen molar-refractivity contribution in [2.75, 3.05) is 7.11 Å². The molecule has 0 spiro atoms. The van der Waals surface area contributed by atoms with Crippen molar-refractivity contribution < 1.29 is 19.4 Å². The largest absolute Gasteiger partial charge is 0.497 e. The van der Waals surface area contributed by atoms with E-state index in [9.17, 15) is 14.7 Å². The molecule has 0 heterocycles. The van der Waals surface area contributed by atoms with Crippen molar-refractivity contribution >= 4 is 11.9 Å². The van der Waals surface area contributed by atoms with Crippen molar-refractivity contribution in [2.24, 2.45) is 5.92 Å². The highest BCUT2D eigenvalue weighted by Gasteiger charge is 2.43. The summed E-state index contributed by atoms with van der Waals surface area (Å²) in [5, 5.41) is 12.4. The fourth-order valence-electron chi connectivity index (χ4n) is 3.02. The van der Waals surface area contributed by atoms with Crippen LogP contribution in [0.2, 0.25) is 0 Å². The molecule has 0 unspecified atom stereocenters. The molecule has 0 bridgehead atoms. The van der Waals surface area contributed by atoms with Crippen LogP contribution in [0.25, 0.3) is 0 Å². The summed E-state index contributed by atoms with van der Waals surface area (Å²) in [7, 11) is 1.53. The Morgan fingerprint density at radius 2 is 2.05 bits per heavy atom. The van der Waals surface area contributed by atoms with Gasteiger partial charge >= 0.3 is 5.97 Å². The third-order valence-electron chi connectivity index (χ3n) is 4.63. The van der Waals surface area contributed by atoms with E-state index in [0.717, 1.165) is 19.3 Å². The second kappa shape index (κ2) is 6.81. The summed E-state index contributed by atoms with van der Waals surface area (Å²) >= 11 is 0. The lowest BCUT2D eigenvalue weighted by molar-refractivity contribution is -0.146. The zero-order chi connectivity index (χ0) is 16.2. The topological polar surface area (TPSA) is 75.6 Å². The van der Waals surface area contributed by atoms with Crippen molar-refractivity contribution in [3.63, 3.8) is 0 Å². The number of amides is 1. The lowest BCUT2D eigenvalue weighted by atomic mass is 9.75. The Hall–Kier alpha value is -2.04. The van der Waals surface area contributed by atoms with Crippen LogP contribution in [-0.2, 0) is 4.79 Å². The van der Waals surface area contributed by atoms with Gasteiger partial charge in [-0.15, -0.1) is 0 Å². The van der Waals surface area contributed by atoms with Crippen LogP contribution in [0.15, 0.2) is 24.3 Å². The Morgan fingerprint density at radius 1 is 1.36 bits per heavy atom. The number of aliphatic carboxylic acids is 1. The molecule has 1 aliphatic carbocycles. The van der Waals surface area contributed by atoms with Crippen LogP contribution in [0.1, 0.15) is 49.4 Å². The number of methoxy groups -OCH3 is 1. The summed E-state index contributed by atoms with van der Waals surface area (Å²) in [4.78, 5) is 24.1. The SMILES string of the molecule is CCC1CCC(NC(=O)c2cccc(OC)c2)(C(=O)O)CC1. The molecule has 1 amide bonds. The van der Waals surface area contributed by atoms with E-state index in [2.05, 4.69) is 12.2 Å². The van der Waals surface area contributed by atoms with E-state index in [1.54, 1.807) is 24.3 Å². The second-order valence-electron chi connectivity index (χ2n) is 5.92. The molecule has 0 radical (unpaired) electrons. The maximum atomic E-state index is 12.4. The number of carbonyl (C=O) groups excluding carboxylic acids is 1. The standard InChI is InChI=1S/C17H23NO4/c1-3-12-7-9-17(10-8-12,16(20)21)18-15(19)13-5-4-6-14(11-13)22-2/h4-6,11-12H,3,7-10H2,1-2H3,(H,18,19)(H,20,21). The Balaban J connectivity index is 2.14. The van der Waals surface area contributed by atoms with E-state index in [1.165, 1.54) is 7.11 Å². The van der Waals surface area contributed by atoms with E-state index in [0.29, 0.717) is 30.1 Å². The first kappa shape index (κ1) is 16.3. The van der Waals surface area contributed by atoms with Crippen molar-refractivity contribution in [3.05, 3.63) is 29.8 Å². The quantitative estimate of drug-likeness (QED) is 0.877. The lowest BCUT2D eigenvalue weighted by Crippen LogP contribution is -2.56. The molecule has 1 aromatic rings. The van der Waals surface area contributed by atoms with Gasteiger partial charge in [0, 0.05) is 5.56 Å². The molecule has 0 aromatic heterocycles. The smallest absolute Gasteiger partial charge is 0.329 e. The number of benzene rings is 1. The highest BCUT2D eigenvalue weighted by Crippen LogP contribution is 2.34.